The van der Waals surface area contributed by atoms with Gasteiger partial charge in [-0.3, -0.25) is 4.98 Å². The molecule has 1 fully saturated rings. The van der Waals surface area contributed by atoms with Gasteiger partial charge in [0.15, 0.2) is 0 Å². The molecule has 38 heavy (non-hydrogen) atoms. The van der Waals surface area contributed by atoms with Gasteiger partial charge in [-0.2, -0.15) is 5.26 Å². The van der Waals surface area contributed by atoms with Crippen molar-refractivity contribution in [1.82, 2.24) is 20.0 Å². The summed E-state index contributed by atoms with van der Waals surface area (Å²) in [5.41, 5.74) is 3.20. The highest BCUT2D eigenvalue weighted by Gasteiger charge is 2.34. The SMILES string of the molecule is BC(Nc1cc(Cl)c2ncc(C#N)c(NCC(C)(C)CC)c2c1)(c1ccc(F)cc1)c1cn(C2CC2)nn1. The molecule has 0 amide bonds. The van der Waals surface area contributed by atoms with Gasteiger partial charge in [0.05, 0.1) is 39.5 Å². The predicted octanol–water partition coefficient (Wildman–Crippen LogP) is 5.62. The quantitative estimate of drug-likeness (QED) is 0.273. The molecule has 1 aliphatic rings. The minimum atomic E-state index is -0.837. The molecule has 194 valence electrons. The van der Waals surface area contributed by atoms with Gasteiger partial charge < -0.3 is 10.6 Å². The molecule has 4 aromatic rings. The fourth-order valence-corrected chi connectivity index (χ4v) is 4.71. The first-order chi connectivity index (χ1) is 18.1. The molecule has 2 aromatic carbocycles. The number of nitrogens with one attached hydrogen (secondary N) is 2. The van der Waals surface area contributed by atoms with Crippen LogP contribution in [-0.2, 0) is 5.44 Å². The first-order valence-corrected chi connectivity index (χ1v) is 13.2. The van der Waals surface area contributed by atoms with Crippen LogP contribution in [0.1, 0.15) is 62.9 Å². The number of pyridine rings is 1. The van der Waals surface area contributed by atoms with Crippen molar-refractivity contribution in [3.63, 3.8) is 0 Å². The molecule has 7 nitrogen and oxygen atoms in total. The van der Waals surface area contributed by atoms with Crippen molar-refractivity contribution < 1.29 is 4.39 Å². The minimum Gasteiger partial charge on any atom is -0.383 e. The van der Waals surface area contributed by atoms with Crippen molar-refractivity contribution >= 4 is 41.7 Å². The van der Waals surface area contributed by atoms with Crippen LogP contribution in [-0.4, -0.2) is 34.4 Å². The number of anilines is 2. The van der Waals surface area contributed by atoms with Gasteiger partial charge in [0.25, 0.3) is 0 Å². The van der Waals surface area contributed by atoms with Crippen LogP contribution in [0.5, 0.6) is 0 Å². The van der Waals surface area contributed by atoms with Crippen LogP contribution in [0.25, 0.3) is 10.9 Å². The molecule has 1 saturated carbocycles. The maximum absolute atomic E-state index is 13.8. The highest BCUT2D eigenvalue weighted by atomic mass is 35.5. The highest BCUT2D eigenvalue weighted by Crippen LogP contribution is 2.38. The first-order valence-electron chi connectivity index (χ1n) is 12.9. The van der Waals surface area contributed by atoms with Crippen LogP contribution < -0.4 is 10.6 Å². The van der Waals surface area contributed by atoms with E-state index in [1.54, 1.807) is 18.3 Å². The van der Waals surface area contributed by atoms with Gasteiger partial charge in [-0.05, 0) is 54.5 Å². The van der Waals surface area contributed by atoms with E-state index in [0.29, 0.717) is 45.8 Å². The maximum atomic E-state index is 13.8. The molecule has 0 saturated heterocycles. The number of nitrogens with zero attached hydrogens (tertiary/aromatic N) is 5. The largest absolute Gasteiger partial charge is 0.383 e. The number of nitriles is 1. The van der Waals surface area contributed by atoms with E-state index in [1.807, 2.05) is 30.9 Å². The molecular formula is C28H30BClFN7. The van der Waals surface area contributed by atoms with Crippen molar-refractivity contribution in [2.45, 2.75) is 51.5 Å². The lowest BCUT2D eigenvalue weighted by atomic mass is 9.69. The van der Waals surface area contributed by atoms with Crippen molar-refractivity contribution in [1.29, 1.82) is 5.26 Å². The summed E-state index contributed by atoms with van der Waals surface area (Å²) in [4.78, 5) is 4.48. The topological polar surface area (TPSA) is 91.5 Å². The lowest BCUT2D eigenvalue weighted by molar-refractivity contribution is 0.377. The standard InChI is InChI=1S/C28H30BClFN7/c1-4-27(2,3)16-34-25-17(13-32)14-33-26-22(25)11-20(12-23(26)30)35-28(29,18-5-7-19(31)8-6-18)24-15-38(37-36-24)21-9-10-21/h5-8,11-12,14-15,21,35H,4,9-10,16,29H2,1-3H3,(H,33,34). The molecule has 2 N–H and O–H groups in total. The Bertz CT molecular complexity index is 1520. The normalized spacial score (nSPS) is 15.2. The average Bonchev–Trinajstić information content (AvgIpc) is 3.63. The summed E-state index contributed by atoms with van der Waals surface area (Å²) in [5.74, 6) is -0.313. The summed E-state index contributed by atoms with van der Waals surface area (Å²) in [6.07, 6.45) is 6.66. The molecule has 2 heterocycles. The molecule has 1 atom stereocenters. The van der Waals surface area contributed by atoms with E-state index in [4.69, 9.17) is 11.6 Å². The van der Waals surface area contributed by atoms with Crippen LogP contribution in [0.4, 0.5) is 15.8 Å². The minimum absolute atomic E-state index is 0.0382. The summed E-state index contributed by atoms with van der Waals surface area (Å²) in [6, 6.07) is 12.8. The summed E-state index contributed by atoms with van der Waals surface area (Å²) >= 11 is 6.75. The van der Waals surface area contributed by atoms with Crippen molar-refractivity contribution in [2.75, 3.05) is 17.2 Å². The van der Waals surface area contributed by atoms with Gasteiger partial charge in [-0.15, -0.1) is 5.10 Å². The first kappa shape index (κ1) is 26.0. The van der Waals surface area contributed by atoms with Crippen molar-refractivity contribution in [2.24, 2.45) is 5.41 Å². The number of fused-ring (bicyclic) bond motifs is 1. The molecule has 0 aliphatic heterocycles. The number of aromatic nitrogens is 4. The fraction of sp³-hybridized carbons (Fsp3) is 0.357. The van der Waals surface area contributed by atoms with E-state index in [2.05, 4.69) is 52.8 Å². The molecule has 1 unspecified atom stereocenters. The van der Waals surface area contributed by atoms with E-state index in [9.17, 15) is 9.65 Å². The molecule has 5 rings (SSSR count). The van der Waals surface area contributed by atoms with Crippen LogP contribution in [0.3, 0.4) is 0 Å². The monoisotopic (exact) mass is 529 g/mol. The summed E-state index contributed by atoms with van der Waals surface area (Å²) in [7, 11) is 1.99. The van der Waals surface area contributed by atoms with Crippen molar-refractivity contribution in [3.8, 4) is 6.07 Å². The third-order valence-corrected chi connectivity index (χ3v) is 7.79. The second-order valence-corrected chi connectivity index (χ2v) is 11.4. The molecule has 0 radical (unpaired) electrons. The van der Waals surface area contributed by atoms with E-state index >= 15 is 0 Å². The zero-order valence-electron chi connectivity index (χ0n) is 22.0. The van der Waals surface area contributed by atoms with Gasteiger partial charge in [0.2, 0.25) is 0 Å². The van der Waals surface area contributed by atoms with Gasteiger partial charge in [0.1, 0.15) is 25.4 Å². The van der Waals surface area contributed by atoms with E-state index in [-0.39, 0.29) is 11.2 Å². The zero-order valence-corrected chi connectivity index (χ0v) is 22.8. The van der Waals surface area contributed by atoms with Crippen LogP contribution in [0.2, 0.25) is 5.02 Å². The lowest BCUT2D eigenvalue weighted by Gasteiger charge is -2.31. The smallest absolute Gasteiger partial charge is 0.148 e. The van der Waals surface area contributed by atoms with Crippen LogP contribution in [0.15, 0.2) is 48.8 Å². The Morgan fingerprint density at radius 3 is 2.63 bits per heavy atom. The number of rotatable bonds is 9. The number of halogens is 2. The van der Waals surface area contributed by atoms with Crippen molar-refractivity contribution in [3.05, 3.63) is 76.5 Å². The van der Waals surface area contributed by atoms with E-state index in [0.717, 1.165) is 30.2 Å². The van der Waals surface area contributed by atoms with Gasteiger partial charge in [0, 0.05) is 23.8 Å². The predicted molar refractivity (Wildman–Crippen MR) is 152 cm³/mol. The Kier molecular flexibility index (Phi) is 6.78. The second kappa shape index (κ2) is 9.92. The summed E-state index contributed by atoms with van der Waals surface area (Å²) in [5, 5.41) is 27.0. The number of benzene rings is 2. The van der Waals surface area contributed by atoms with E-state index in [1.165, 1.54) is 12.1 Å². The number of hydrogen-bond acceptors (Lipinski definition) is 6. The third kappa shape index (κ3) is 5.05. The second-order valence-electron chi connectivity index (χ2n) is 11.0. The average molecular weight is 530 g/mol. The molecule has 0 spiro atoms. The molecule has 0 bridgehead atoms. The van der Waals surface area contributed by atoms with Gasteiger partial charge in [-0.25, -0.2) is 9.07 Å². The Morgan fingerprint density at radius 2 is 1.97 bits per heavy atom. The Labute approximate surface area is 227 Å². The summed E-state index contributed by atoms with van der Waals surface area (Å²) < 4.78 is 15.7. The number of hydrogen-bond donors (Lipinski definition) is 2. The molecule has 10 heteroatoms. The fourth-order valence-electron chi connectivity index (χ4n) is 4.44. The highest BCUT2D eigenvalue weighted by molar-refractivity contribution is 6.36. The summed E-state index contributed by atoms with van der Waals surface area (Å²) in [6.45, 7) is 7.19. The lowest BCUT2D eigenvalue weighted by Crippen LogP contribution is -2.37. The molecule has 2 aromatic heterocycles. The van der Waals surface area contributed by atoms with Crippen LogP contribution in [0, 0.1) is 22.6 Å². The third-order valence-electron chi connectivity index (χ3n) is 7.51. The Morgan fingerprint density at radius 1 is 1.24 bits per heavy atom. The molecule has 1 aliphatic carbocycles. The Hall–Kier alpha value is -3.64. The molecular weight excluding hydrogens is 500 g/mol. The van der Waals surface area contributed by atoms with Gasteiger partial charge in [-0.1, -0.05) is 49.7 Å². The van der Waals surface area contributed by atoms with Gasteiger partial charge >= 0.3 is 0 Å². The maximum Gasteiger partial charge on any atom is 0.148 e. The zero-order chi connectivity index (χ0) is 27.1. The van der Waals surface area contributed by atoms with E-state index < -0.39 is 5.44 Å². The van der Waals surface area contributed by atoms with Crippen LogP contribution >= 0.6 is 11.6 Å². The Balaban J connectivity index is 1.61.